The number of hydrogen-bond acceptors (Lipinski definition) is 4. The Bertz CT molecular complexity index is 202. The monoisotopic (exact) mass is 214 g/mol. The van der Waals surface area contributed by atoms with Gasteiger partial charge in [0.25, 0.3) is 0 Å². The van der Waals surface area contributed by atoms with Gasteiger partial charge in [-0.2, -0.15) is 0 Å². The first-order chi connectivity index (χ1) is 7.24. The van der Waals surface area contributed by atoms with Crippen molar-refractivity contribution in [2.24, 2.45) is 10.9 Å². The molecule has 15 heavy (non-hydrogen) atoms. The molecule has 0 bridgehead atoms. The molecule has 0 spiro atoms. The minimum absolute atomic E-state index is 0.235. The van der Waals surface area contributed by atoms with Gasteiger partial charge >= 0.3 is 0 Å². The van der Waals surface area contributed by atoms with Crippen molar-refractivity contribution in [2.75, 3.05) is 26.7 Å². The Labute approximate surface area is 91.3 Å². The molecule has 1 aliphatic rings. The van der Waals surface area contributed by atoms with E-state index in [9.17, 15) is 0 Å². The summed E-state index contributed by atoms with van der Waals surface area (Å²) in [5.74, 6) is 0.235. The van der Waals surface area contributed by atoms with Crippen LogP contribution in [0.15, 0.2) is 5.16 Å². The second kappa shape index (κ2) is 6.63. The second-order valence-electron chi connectivity index (χ2n) is 4.19. The lowest BCUT2D eigenvalue weighted by atomic mass is 10.2. The van der Waals surface area contributed by atoms with Gasteiger partial charge in [-0.25, -0.2) is 0 Å². The standard InChI is InChI=1S/C10H22N4O/c1-14(9-4-2-3-5-9)7-6-12-8-10(11)13-15/h9,12,15H,2-8H2,1H3,(H2,11,13). The molecule has 5 heteroatoms. The van der Waals surface area contributed by atoms with Crippen LogP contribution in [0.5, 0.6) is 0 Å². The summed E-state index contributed by atoms with van der Waals surface area (Å²) in [5, 5.41) is 14.4. The van der Waals surface area contributed by atoms with Crippen molar-refractivity contribution < 1.29 is 5.21 Å². The van der Waals surface area contributed by atoms with Crippen LogP contribution in [-0.4, -0.2) is 48.7 Å². The molecule has 4 N–H and O–H groups in total. The average molecular weight is 214 g/mol. The van der Waals surface area contributed by atoms with E-state index >= 15 is 0 Å². The molecular weight excluding hydrogens is 192 g/mol. The molecular formula is C10H22N4O. The predicted molar refractivity (Wildman–Crippen MR) is 61.2 cm³/mol. The van der Waals surface area contributed by atoms with Crippen LogP contribution in [0.2, 0.25) is 0 Å². The van der Waals surface area contributed by atoms with Crippen LogP contribution in [0, 0.1) is 0 Å². The summed E-state index contributed by atoms with van der Waals surface area (Å²) < 4.78 is 0. The second-order valence-corrected chi connectivity index (χ2v) is 4.19. The van der Waals surface area contributed by atoms with Crippen LogP contribution in [0.4, 0.5) is 0 Å². The van der Waals surface area contributed by atoms with E-state index in [-0.39, 0.29) is 5.84 Å². The van der Waals surface area contributed by atoms with Gasteiger partial charge in [0.05, 0.1) is 6.54 Å². The first kappa shape index (κ1) is 12.3. The molecule has 1 saturated carbocycles. The molecule has 0 atom stereocenters. The van der Waals surface area contributed by atoms with Crippen LogP contribution < -0.4 is 11.1 Å². The summed E-state index contributed by atoms with van der Waals surface area (Å²) in [5.41, 5.74) is 5.34. The normalized spacial score (nSPS) is 18.9. The molecule has 0 aromatic rings. The van der Waals surface area contributed by atoms with E-state index in [2.05, 4.69) is 22.4 Å². The number of nitrogens with two attached hydrogens (primary N) is 1. The van der Waals surface area contributed by atoms with Crippen LogP contribution >= 0.6 is 0 Å². The van der Waals surface area contributed by atoms with Crippen molar-refractivity contribution in [2.45, 2.75) is 31.7 Å². The minimum atomic E-state index is 0.235. The Morgan fingerprint density at radius 3 is 2.80 bits per heavy atom. The van der Waals surface area contributed by atoms with Crippen molar-refractivity contribution >= 4 is 5.84 Å². The molecule has 0 radical (unpaired) electrons. The van der Waals surface area contributed by atoms with Gasteiger partial charge in [0.1, 0.15) is 0 Å². The smallest absolute Gasteiger partial charge is 0.153 e. The van der Waals surface area contributed by atoms with Crippen molar-refractivity contribution in [3.63, 3.8) is 0 Å². The number of rotatable bonds is 6. The molecule has 1 rings (SSSR count). The first-order valence-electron chi connectivity index (χ1n) is 5.61. The van der Waals surface area contributed by atoms with Gasteiger partial charge in [-0.05, 0) is 19.9 Å². The van der Waals surface area contributed by atoms with Gasteiger partial charge in [0, 0.05) is 19.1 Å². The lowest BCUT2D eigenvalue weighted by Gasteiger charge is -2.23. The van der Waals surface area contributed by atoms with E-state index in [1.54, 1.807) is 0 Å². The SMILES string of the molecule is CN(CCNCC(N)=NO)C1CCCC1. The van der Waals surface area contributed by atoms with Crippen LogP contribution in [0.25, 0.3) is 0 Å². The minimum Gasteiger partial charge on any atom is -0.409 e. The van der Waals surface area contributed by atoms with Gasteiger partial charge in [-0.1, -0.05) is 18.0 Å². The third-order valence-electron chi connectivity index (χ3n) is 3.02. The number of likely N-dealkylation sites (N-methyl/N-ethyl adjacent to an activating group) is 1. The average Bonchev–Trinajstić information content (AvgIpc) is 2.77. The summed E-state index contributed by atoms with van der Waals surface area (Å²) >= 11 is 0. The molecule has 1 fully saturated rings. The first-order valence-corrected chi connectivity index (χ1v) is 5.61. The van der Waals surface area contributed by atoms with Crippen molar-refractivity contribution in [3.05, 3.63) is 0 Å². The Balaban J connectivity index is 2.04. The van der Waals surface area contributed by atoms with E-state index in [0.29, 0.717) is 6.54 Å². The zero-order valence-electron chi connectivity index (χ0n) is 9.45. The fraction of sp³-hybridized carbons (Fsp3) is 0.900. The van der Waals surface area contributed by atoms with E-state index in [1.165, 1.54) is 25.7 Å². The van der Waals surface area contributed by atoms with Crippen molar-refractivity contribution in [3.8, 4) is 0 Å². The quantitative estimate of drug-likeness (QED) is 0.194. The highest BCUT2D eigenvalue weighted by molar-refractivity contribution is 5.81. The van der Waals surface area contributed by atoms with Gasteiger partial charge in [-0.15, -0.1) is 0 Å². The summed E-state index contributed by atoms with van der Waals surface area (Å²) in [6.07, 6.45) is 5.40. The molecule has 88 valence electrons. The Hall–Kier alpha value is -0.810. The van der Waals surface area contributed by atoms with Gasteiger partial charge in [-0.3, -0.25) is 0 Å². The van der Waals surface area contributed by atoms with Crippen molar-refractivity contribution in [1.29, 1.82) is 0 Å². The maximum absolute atomic E-state index is 8.33. The zero-order valence-corrected chi connectivity index (χ0v) is 9.45. The summed E-state index contributed by atoms with van der Waals surface area (Å²) in [7, 11) is 2.17. The van der Waals surface area contributed by atoms with Gasteiger partial charge < -0.3 is 21.2 Å². The van der Waals surface area contributed by atoms with E-state index in [4.69, 9.17) is 10.9 Å². The lowest BCUT2D eigenvalue weighted by molar-refractivity contribution is 0.246. The van der Waals surface area contributed by atoms with Gasteiger partial charge in [0.2, 0.25) is 0 Å². The summed E-state index contributed by atoms with van der Waals surface area (Å²) in [6.45, 7) is 2.35. The van der Waals surface area contributed by atoms with Crippen LogP contribution in [-0.2, 0) is 0 Å². The Kier molecular flexibility index (Phi) is 5.42. The largest absolute Gasteiger partial charge is 0.409 e. The number of hydrogen-bond donors (Lipinski definition) is 3. The Morgan fingerprint density at radius 2 is 2.20 bits per heavy atom. The molecule has 0 aliphatic heterocycles. The fourth-order valence-corrected chi connectivity index (χ4v) is 2.03. The highest BCUT2D eigenvalue weighted by Crippen LogP contribution is 2.21. The van der Waals surface area contributed by atoms with Gasteiger partial charge in [0.15, 0.2) is 5.84 Å². The fourth-order valence-electron chi connectivity index (χ4n) is 2.03. The molecule has 0 unspecified atom stereocenters. The summed E-state index contributed by atoms with van der Waals surface area (Å²) in [6, 6.07) is 0.760. The molecule has 0 aromatic heterocycles. The zero-order chi connectivity index (χ0) is 11.1. The molecule has 5 nitrogen and oxygen atoms in total. The van der Waals surface area contributed by atoms with Crippen LogP contribution in [0.1, 0.15) is 25.7 Å². The summed E-state index contributed by atoms with van der Waals surface area (Å²) in [4.78, 5) is 2.40. The highest BCUT2D eigenvalue weighted by Gasteiger charge is 2.18. The third kappa shape index (κ3) is 4.48. The number of nitrogens with zero attached hydrogens (tertiary/aromatic N) is 2. The molecule has 0 saturated heterocycles. The van der Waals surface area contributed by atoms with E-state index in [0.717, 1.165) is 19.1 Å². The maximum Gasteiger partial charge on any atom is 0.153 e. The number of nitrogens with one attached hydrogen (secondary N) is 1. The maximum atomic E-state index is 8.33. The van der Waals surface area contributed by atoms with Crippen LogP contribution in [0.3, 0.4) is 0 Å². The highest BCUT2D eigenvalue weighted by atomic mass is 16.4. The number of oxime groups is 1. The van der Waals surface area contributed by atoms with Crippen molar-refractivity contribution in [1.82, 2.24) is 10.2 Å². The molecule has 0 aromatic carbocycles. The molecule has 1 aliphatic carbocycles. The third-order valence-corrected chi connectivity index (χ3v) is 3.02. The molecule has 0 heterocycles. The lowest BCUT2D eigenvalue weighted by Crippen LogP contribution is -2.38. The number of amidine groups is 1. The molecule has 0 amide bonds. The topological polar surface area (TPSA) is 73.9 Å². The Morgan fingerprint density at radius 1 is 1.53 bits per heavy atom. The van der Waals surface area contributed by atoms with E-state index < -0.39 is 0 Å². The predicted octanol–water partition coefficient (Wildman–Crippen LogP) is 0.197. The van der Waals surface area contributed by atoms with E-state index in [1.807, 2.05) is 0 Å².